The van der Waals surface area contributed by atoms with E-state index in [4.69, 9.17) is 10.5 Å². The summed E-state index contributed by atoms with van der Waals surface area (Å²) >= 11 is 0. The summed E-state index contributed by atoms with van der Waals surface area (Å²) in [5.41, 5.74) is 6.85. The van der Waals surface area contributed by atoms with Gasteiger partial charge in [0.1, 0.15) is 11.0 Å². The minimum absolute atomic E-state index is 0.0263. The third-order valence-electron chi connectivity index (χ3n) is 9.88. The number of nitrogens with one attached hydrogen (secondary N) is 1. The van der Waals surface area contributed by atoms with Gasteiger partial charge in [-0.25, -0.2) is 13.2 Å². The first kappa shape index (κ1) is 32.5. The van der Waals surface area contributed by atoms with Gasteiger partial charge in [-0.15, -0.1) is 0 Å². The van der Waals surface area contributed by atoms with Crippen molar-refractivity contribution in [3.05, 3.63) is 71.3 Å². The lowest BCUT2D eigenvalue weighted by Crippen LogP contribution is -2.54. The van der Waals surface area contributed by atoms with Crippen molar-refractivity contribution in [2.45, 2.75) is 48.5 Å². The van der Waals surface area contributed by atoms with Crippen molar-refractivity contribution in [2.24, 2.45) is 28.5 Å². The molecule has 1 saturated carbocycles. The number of carbonyl (C=O) groups excluding carboxylic acids is 1. The molecule has 0 bridgehead atoms. The number of sulfone groups is 1. The second-order valence-electron chi connectivity index (χ2n) is 12.4. The predicted octanol–water partition coefficient (Wildman–Crippen LogP) is 4.10. The van der Waals surface area contributed by atoms with E-state index >= 15 is 0 Å². The maximum atomic E-state index is 12.8. The molecular weight excluding hydrogens is 588 g/mol. The van der Waals surface area contributed by atoms with Gasteiger partial charge >= 0.3 is 6.09 Å². The van der Waals surface area contributed by atoms with Crippen molar-refractivity contribution < 1.29 is 17.9 Å². The highest BCUT2D eigenvalue weighted by Crippen LogP contribution is 2.51. The maximum Gasteiger partial charge on any atom is 0.407 e. The highest BCUT2D eigenvalue weighted by Gasteiger charge is 2.53. The number of carbonyl (C=O) groups is 1. The highest BCUT2D eigenvalue weighted by molar-refractivity contribution is 7.96. The Kier molecular flexibility index (Phi) is 10.1. The minimum atomic E-state index is -3.71. The molecule has 2 saturated heterocycles. The Labute approximate surface area is 266 Å². The van der Waals surface area contributed by atoms with Gasteiger partial charge in [-0.3, -0.25) is 4.99 Å². The smallest absolute Gasteiger partial charge is 0.407 e. The number of benzene rings is 2. The number of anilines is 1. The molecule has 3 fully saturated rings. The quantitative estimate of drug-likeness (QED) is 0.373. The maximum absolute atomic E-state index is 12.8. The molecule has 11 heteroatoms. The summed E-state index contributed by atoms with van der Waals surface area (Å²) in [7, 11) is -0.630. The average Bonchev–Trinajstić information content (AvgIpc) is 3.51. The zero-order valence-corrected chi connectivity index (χ0v) is 27.0. The number of alkyl carbamates (subject to hydrolysis) is 1. The van der Waals surface area contributed by atoms with Gasteiger partial charge in [0.15, 0.2) is 0 Å². The van der Waals surface area contributed by atoms with E-state index in [0.29, 0.717) is 5.92 Å². The predicted molar refractivity (Wildman–Crippen MR) is 176 cm³/mol. The molecule has 2 heterocycles. The van der Waals surface area contributed by atoms with Gasteiger partial charge in [-0.2, -0.15) is 5.26 Å². The molecular formula is C34H44N6O4S. The number of nitriles is 1. The molecule has 1 unspecified atom stereocenters. The van der Waals surface area contributed by atoms with Gasteiger partial charge in [-0.05, 0) is 80.9 Å². The van der Waals surface area contributed by atoms with Crippen LogP contribution in [-0.2, 0) is 20.0 Å². The van der Waals surface area contributed by atoms with Crippen molar-refractivity contribution >= 4 is 27.8 Å². The number of aliphatic imine (C=N–C) groups is 1. The summed E-state index contributed by atoms with van der Waals surface area (Å²) in [6.45, 7) is 4.67. The Morgan fingerprint density at radius 3 is 2.40 bits per heavy atom. The fraction of sp³-hybridized carbons (Fsp3) is 0.500. The molecule has 45 heavy (non-hydrogen) atoms. The molecule has 1 aliphatic carbocycles. The van der Waals surface area contributed by atoms with Crippen LogP contribution in [0.4, 0.5) is 10.5 Å². The van der Waals surface area contributed by atoms with Crippen LogP contribution in [-0.4, -0.2) is 78.5 Å². The molecule has 0 radical (unpaired) electrons. The van der Waals surface area contributed by atoms with Gasteiger partial charge in [0.05, 0.1) is 16.4 Å². The van der Waals surface area contributed by atoms with Crippen LogP contribution in [0.2, 0.25) is 0 Å². The van der Waals surface area contributed by atoms with Crippen molar-refractivity contribution in [3.8, 4) is 6.07 Å². The van der Waals surface area contributed by atoms with E-state index in [-0.39, 0.29) is 27.7 Å². The number of hydrogen-bond donors (Lipinski definition) is 2. The largest absolute Gasteiger partial charge is 0.446 e. The number of nitrogens with zero attached hydrogens (tertiary/aromatic N) is 4. The second-order valence-corrected chi connectivity index (χ2v) is 14.3. The van der Waals surface area contributed by atoms with Gasteiger partial charge in [0, 0.05) is 63.7 Å². The first-order valence-electron chi connectivity index (χ1n) is 15.8. The number of likely N-dealkylation sites (tertiary alicyclic amines) is 1. The second kappa shape index (κ2) is 14.0. The van der Waals surface area contributed by atoms with Gasteiger partial charge in [0.25, 0.3) is 0 Å². The van der Waals surface area contributed by atoms with E-state index in [1.165, 1.54) is 13.3 Å². The van der Waals surface area contributed by atoms with Crippen LogP contribution in [0, 0.1) is 29.1 Å². The summed E-state index contributed by atoms with van der Waals surface area (Å²) < 4.78 is 31.5. The lowest BCUT2D eigenvalue weighted by atomic mass is 9.59. The number of allylic oxidation sites excluding steroid dienone is 1. The number of hydrogen-bond acceptors (Lipinski definition) is 9. The van der Waals surface area contributed by atoms with Gasteiger partial charge < -0.3 is 25.6 Å². The molecule has 0 spiro atoms. The first-order chi connectivity index (χ1) is 21.8. The van der Waals surface area contributed by atoms with Crippen LogP contribution in [0.3, 0.4) is 0 Å². The molecule has 1 amide bonds. The van der Waals surface area contributed by atoms with Crippen LogP contribution in [0.5, 0.6) is 0 Å². The fourth-order valence-corrected chi connectivity index (χ4v) is 8.81. The summed E-state index contributed by atoms with van der Waals surface area (Å²) in [5.74, 6) is 0.650. The van der Waals surface area contributed by atoms with E-state index < -0.39 is 21.3 Å². The average molecular weight is 633 g/mol. The normalized spacial score (nSPS) is 23.3. The molecule has 5 rings (SSSR count). The minimum Gasteiger partial charge on any atom is -0.446 e. The van der Waals surface area contributed by atoms with E-state index in [0.717, 1.165) is 82.3 Å². The lowest BCUT2D eigenvalue weighted by Gasteiger charge is -2.47. The Morgan fingerprint density at radius 2 is 1.80 bits per heavy atom. The summed E-state index contributed by atoms with van der Waals surface area (Å²) in [4.78, 5) is 20.9. The fourth-order valence-electron chi connectivity index (χ4n) is 7.62. The van der Waals surface area contributed by atoms with Crippen LogP contribution in [0.15, 0.2) is 75.6 Å². The Balaban J connectivity index is 1.20. The number of piperidine rings is 1. The third kappa shape index (κ3) is 6.58. The van der Waals surface area contributed by atoms with E-state index in [1.807, 2.05) is 30.3 Å². The zero-order valence-electron chi connectivity index (χ0n) is 26.1. The van der Waals surface area contributed by atoms with Crippen LogP contribution < -0.4 is 16.0 Å². The zero-order chi connectivity index (χ0) is 32.0. The van der Waals surface area contributed by atoms with Crippen molar-refractivity contribution in [3.63, 3.8) is 0 Å². The van der Waals surface area contributed by atoms with E-state index in [1.54, 1.807) is 19.2 Å². The Morgan fingerprint density at radius 1 is 1.11 bits per heavy atom. The van der Waals surface area contributed by atoms with E-state index in [2.05, 4.69) is 38.3 Å². The van der Waals surface area contributed by atoms with Crippen LogP contribution >= 0.6 is 0 Å². The summed E-state index contributed by atoms with van der Waals surface area (Å²) in [5, 5.41) is 13.5. The summed E-state index contributed by atoms with van der Waals surface area (Å²) in [6.07, 6.45) is 6.03. The first-order valence-corrected chi connectivity index (χ1v) is 17.3. The lowest BCUT2D eigenvalue weighted by molar-refractivity contribution is 0.0307. The molecule has 3 aliphatic rings. The SMILES string of the molecule is CN=CC(=CN)S(=O)(=O)c1ccc(N2CC(CN3CCC(C(C#N)(c4ccccc4)[C@H]4CCC[C@@H]4OC(=O)NC)CC3)C2)cc1. The van der Waals surface area contributed by atoms with Crippen molar-refractivity contribution in [2.75, 3.05) is 51.7 Å². The molecule has 0 aromatic heterocycles. The third-order valence-corrected chi connectivity index (χ3v) is 11.6. The number of rotatable bonds is 10. The number of amides is 1. The molecule has 10 nitrogen and oxygen atoms in total. The summed E-state index contributed by atoms with van der Waals surface area (Å²) in [6, 6.07) is 19.9. The van der Waals surface area contributed by atoms with Crippen molar-refractivity contribution in [1.29, 1.82) is 5.26 Å². The molecule has 2 aliphatic heterocycles. The Bertz CT molecular complexity index is 1520. The number of ether oxygens (including phenoxy) is 1. The van der Waals surface area contributed by atoms with Crippen LogP contribution in [0.25, 0.3) is 0 Å². The molecule has 3 N–H and O–H groups in total. The van der Waals surface area contributed by atoms with Crippen LogP contribution in [0.1, 0.15) is 37.7 Å². The van der Waals surface area contributed by atoms with Gasteiger partial charge in [0.2, 0.25) is 9.84 Å². The molecule has 2 aromatic rings. The number of nitrogens with two attached hydrogens (primary N) is 1. The van der Waals surface area contributed by atoms with Crippen molar-refractivity contribution in [1.82, 2.24) is 10.2 Å². The molecule has 240 valence electrons. The topological polar surface area (TPSA) is 141 Å². The standard InChI is InChI=1S/C34H44N6O4S/c1-37-20-30(19-35)45(42,43)29-13-11-28(12-14-29)40-22-25(23-40)21-39-17-15-27(16-18-39)34(24-36,26-7-4-3-5-8-26)31-9-6-10-32(31)44-33(41)38-2/h3-5,7-8,11-14,19-20,25,27,31-32H,6,9-10,15-18,21-23,35H2,1-2H3,(H,38,41)/t31-,32-,34?/m0/s1. The highest BCUT2D eigenvalue weighted by atomic mass is 32.2. The Hall–Kier alpha value is -3.88. The monoisotopic (exact) mass is 632 g/mol. The van der Waals surface area contributed by atoms with E-state index in [9.17, 15) is 18.5 Å². The van der Waals surface area contributed by atoms with Gasteiger partial charge in [-0.1, -0.05) is 30.3 Å². The molecule has 3 atom stereocenters. The molecule has 2 aromatic carbocycles.